The van der Waals surface area contributed by atoms with Gasteiger partial charge in [-0.1, -0.05) is 212 Å². The molecule has 0 saturated heterocycles. The van der Waals surface area contributed by atoms with E-state index < -0.39 is 7.14 Å². The van der Waals surface area contributed by atoms with Gasteiger partial charge in [-0.3, -0.25) is 0 Å². The van der Waals surface area contributed by atoms with Crippen LogP contribution >= 0.6 is 7.14 Å². The smallest absolute Gasteiger partial charge is 0.171 e. The molecular weight excluding hydrogens is 750 g/mol. The van der Waals surface area contributed by atoms with Crippen molar-refractivity contribution in [2.45, 2.75) is 0 Å². The SMILES string of the molecule is O=P(c1ccccc1)(c1ccccc1)c1ccc2cc(-c3cccc(-c4nc(-c5ccc(-c6ccccc6)cc5)nc(-c5ccc(-c6ccccc6)cc5)n4)c3)ccc2c1. The third-order valence-electron chi connectivity index (χ3n) is 11.0. The van der Waals surface area contributed by atoms with Crippen molar-refractivity contribution >= 4 is 33.8 Å². The van der Waals surface area contributed by atoms with E-state index in [1.807, 2.05) is 78.9 Å². The number of benzene rings is 9. The lowest BCUT2D eigenvalue weighted by Crippen LogP contribution is -2.24. The predicted octanol–water partition coefficient (Wildman–Crippen LogP) is 12.7. The number of hydrogen-bond acceptors (Lipinski definition) is 4. The van der Waals surface area contributed by atoms with E-state index in [9.17, 15) is 0 Å². The largest absolute Gasteiger partial charge is 0.309 e. The van der Waals surface area contributed by atoms with E-state index >= 15 is 4.57 Å². The highest BCUT2D eigenvalue weighted by Crippen LogP contribution is 2.43. The van der Waals surface area contributed by atoms with Crippen LogP contribution in [0.1, 0.15) is 0 Å². The molecule has 284 valence electrons. The minimum Gasteiger partial charge on any atom is -0.309 e. The lowest BCUT2D eigenvalue weighted by Gasteiger charge is -2.20. The fourth-order valence-corrected chi connectivity index (χ4v) is 10.5. The Kier molecular flexibility index (Phi) is 9.83. The zero-order chi connectivity index (χ0) is 40.3. The van der Waals surface area contributed by atoms with Gasteiger partial charge < -0.3 is 4.57 Å². The molecule has 5 heteroatoms. The maximum atomic E-state index is 15.1. The second kappa shape index (κ2) is 16.0. The second-order valence-corrected chi connectivity index (χ2v) is 17.6. The summed E-state index contributed by atoms with van der Waals surface area (Å²) in [7, 11) is -3.10. The van der Waals surface area contributed by atoms with Gasteiger partial charge in [0.2, 0.25) is 0 Å². The average Bonchev–Trinajstić information content (AvgIpc) is 3.34. The van der Waals surface area contributed by atoms with Gasteiger partial charge in [-0.15, -0.1) is 0 Å². The standard InChI is InChI=1S/C55H38N3OP/c59-60(50-20-9-3-10-21-50,51-22-11-4-12-23-51)52-35-34-47-36-46(32-33-48(47)38-52)45-18-13-19-49(37-45)55-57-53(43-28-24-41(25-29-43)39-14-5-1-6-15-39)56-54(58-55)44-30-26-42(27-31-44)40-16-7-2-8-17-40/h1-38H. The topological polar surface area (TPSA) is 55.7 Å². The van der Waals surface area contributed by atoms with Gasteiger partial charge in [0.25, 0.3) is 0 Å². The van der Waals surface area contributed by atoms with Crippen molar-refractivity contribution in [3.63, 3.8) is 0 Å². The van der Waals surface area contributed by atoms with Crippen molar-refractivity contribution in [2.75, 3.05) is 0 Å². The van der Waals surface area contributed by atoms with Crippen LogP contribution in [0.4, 0.5) is 0 Å². The summed E-state index contributed by atoms with van der Waals surface area (Å²) in [4.78, 5) is 15.2. The van der Waals surface area contributed by atoms with E-state index in [2.05, 4.69) is 152 Å². The van der Waals surface area contributed by atoms with E-state index in [0.29, 0.717) is 17.5 Å². The van der Waals surface area contributed by atoms with E-state index in [0.717, 1.165) is 76.8 Å². The van der Waals surface area contributed by atoms with Crippen molar-refractivity contribution < 1.29 is 4.57 Å². The molecule has 0 aliphatic heterocycles. The van der Waals surface area contributed by atoms with Crippen LogP contribution in [0.2, 0.25) is 0 Å². The summed E-state index contributed by atoms with van der Waals surface area (Å²) in [6.07, 6.45) is 0. The lowest BCUT2D eigenvalue weighted by atomic mass is 9.99. The number of nitrogens with zero attached hydrogens (tertiary/aromatic N) is 3. The van der Waals surface area contributed by atoms with Crippen LogP contribution in [0.5, 0.6) is 0 Å². The Balaban J connectivity index is 1.02. The third kappa shape index (κ3) is 7.26. The summed E-state index contributed by atoms with van der Waals surface area (Å²) in [6, 6.07) is 78.2. The monoisotopic (exact) mass is 787 g/mol. The minimum atomic E-state index is -3.10. The number of hydrogen-bond donors (Lipinski definition) is 0. The molecule has 0 N–H and O–H groups in total. The normalized spacial score (nSPS) is 11.4. The molecule has 0 amide bonds. The maximum Gasteiger partial charge on any atom is 0.171 e. The van der Waals surface area contributed by atoms with E-state index in [1.54, 1.807) is 0 Å². The van der Waals surface area contributed by atoms with Gasteiger partial charge in [-0.05, 0) is 62.4 Å². The fraction of sp³-hybridized carbons (Fsp3) is 0. The third-order valence-corrected chi connectivity index (χ3v) is 14.1. The molecule has 1 aromatic heterocycles. The summed E-state index contributed by atoms with van der Waals surface area (Å²) in [5.74, 6) is 1.81. The van der Waals surface area contributed by atoms with Gasteiger partial charge in [0, 0.05) is 32.6 Å². The summed E-state index contributed by atoms with van der Waals surface area (Å²) in [5.41, 5.74) is 9.40. The molecule has 0 aliphatic carbocycles. The Hall–Kier alpha value is -7.52. The zero-order valence-corrected chi connectivity index (χ0v) is 33.5. The highest BCUT2D eigenvalue weighted by molar-refractivity contribution is 7.85. The molecule has 0 unspecified atom stereocenters. The van der Waals surface area contributed by atoms with Crippen LogP contribution < -0.4 is 15.9 Å². The first kappa shape index (κ1) is 36.8. The maximum absolute atomic E-state index is 15.1. The molecule has 10 aromatic rings. The van der Waals surface area contributed by atoms with Crippen LogP contribution in [0.25, 0.3) is 78.3 Å². The molecule has 0 bridgehead atoms. The van der Waals surface area contributed by atoms with Crippen LogP contribution in [0.15, 0.2) is 231 Å². The fourth-order valence-electron chi connectivity index (χ4n) is 7.82. The van der Waals surface area contributed by atoms with Crippen molar-refractivity contribution in [3.05, 3.63) is 231 Å². The van der Waals surface area contributed by atoms with Crippen LogP contribution in [-0.4, -0.2) is 15.0 Å². The lowest BCUT2D eigenvalue weighted by molar-refractivity contribution is 0.592. The van der Waals surface area contributed by atoms with E-state index in [4.69, 9.17) is 15.0 Å². The van der Waals surface area contributed by atoms with Gasteiger partial charge in [-0.25, -0.2) is 15.0 Å². The summed E-state index contributed by atoms with van der Waals surface area (Å²) >= 11 is 0. The summed E-state index contributed by atoms with van der Waals surface area (Å²) < 4.78 is 15.1. The first-order valence-electron chi connectivity index (χ1n) is 20.0. The van der Waals surface area contributed by atoms with Gasteiger partial charge in [-0.2, -0.15) is 0 Å². The second-order valence-electron chi connectivity index (χ2n) is 14.8. The van der Waals surface area contributed by atoms with Crippen molar-refractivity contribution in [1.29, 1.82) is 0 Å². The molecule has 0 spiro atoms. The molecule has 0 fully saturated rings. The van der Waals surface area contributed by atoms with E-state index in [1.165, 1.54) is 0 Å². The first-order chi connectivity index (χ1) is 29.6. The molecule has 0 saturated carbocycles. The Morgan fingerprint density at radius 1 is 0.250 bits per heavy atom. The molecular formula is C55H38N3OP. The molecule has 10 rings (SSSR count). The Bertz CT molecular complexity index is 2990. The molecule has 0 atom stereocenters. The Labute approximate surface area is 350 Å². The molecule has 1 heterocycles. The summed E-state index contributed by atoms with van der Waals surface area (Å²) in [5, 5.41) is 4.55. The highest BCUT2D eigenvalue weighted by atomic mass is 31.2. The molecule has 9 aromatic carbocycles. The van der Waals surface area contributed by atoms with Gasteiger partial charge in [0.05, 0.1) is 0 Å². The molecule has 60 heavy (non-hydrogen) atoms. The predicted molar refractivity (Wildman–Crippen MR) is 249 cm³/mol. The first-order valence-corrected chi connectivity index (χ1v) is 21.7. The Morgan fingerprint density at radius 2 is 0.600 bits per heavy atom. The number of aromatic nitrogens is 3. The molecule has 4 nitrogen and oxygen atoms in total. The zero-order valence-electron chi connectivity index (χ0n) is 32.6. The number of rotatable bonds is 9. The number of fused-ring (bicyclic) bond motifs is 1. The van der Waals surface area contributed by atoms with Gasteiger partial charge >= 0.3 is 0 Å². The van der Waals surface area contributed by atoms with Crippen molar-refractivity contribution in [3.8, 4) is 67.5 Å². The molecule has 0 radical (unpaired) electrons. The van der Waals surface area contributed by atoms with Gasteiger partial charge in [0.15, 0.2) is 24.6 Å². The van der Waals surface area contributed by atoms with Crippen LogP contribution in [0.3, 0.4) is 0 Å². The quantitative estimate of drug-likeness (QED) is 0.137. The summed E-state index contributed by atoms with van der Waals surface area (Å²) in [6.45, 7) is 0. The minimum absolute atomic E-state index is 0.596. The average molecular weight is 788 g/mol. The highest BCUT2D eigenvalue weighted by Gasteiger charge is 2.29. The van der Waals surface area contributed by atoms with Crippen LogP contribution in [0, 0.1) is 0 Å². The van der Waals surface area contributed by atoms with Gasteiger partial charge in [0.1, 0.15) is 0 Å². The van der Waals surface area contributed by atoms with Crippen molar-refractivity contribution in [1.82, 2.24) is 15.0 Å². The van der Waals surface area contributed by atoms with Crippen LogP contribution in [-0.2, 0) is 4.57 Å². The molecule has 0 aliphatic rings. The Morgan fingerprint density at radius 3 is 1.12 bits per heavy atom. The van der Waals surface area contributed by atoms with Crippen molar-refractivity contribution in [2.24, 2.45) is 0 Å². The van der Waals surface area contributed by atoms with E-state index in [-0.39, 0.29) is 0 Å².